The number of carbonyl (C=O) groups excluding carboxylic acids is 1. The smallest absolute Gasteiger partial charge is 0.251 e. The molecule has 4 nitrogen and oxygen atoms in total. The molecule has 1 amide bonds. The minimum atomic E-state index is -0.00531. The molecule has 0 bridgehead atoms. The zero-order valence-electron chi connectivity index (χ0n) is 20.0. The highest BCUT2D eigenvalue weighted by atomic mass is 32.1. The maximum absolute atomic E-state index is 12.5. The number of fused-ring (bicyclic) bond motifs is 1. The van der Waals surface area contributed by atoms with Crippen LogP contribution >= 0.6 is 11.3 Å². The summed E-state index contributed by atoms with van der Waals surface area (Å²) < 4.78 is 0. The predicted molar refractivity (Wildman–Crippen MR) is 142 cm³/mol. The molecule has 0 spiro atoms. The molecule has 5 rings (SSSR count). The van der Waals surface area contributed by atoms with E-state index in [1.165, 1.54) is 23.6 Å². The molecule has 0 unspecified atom stereocenters. The lowest BCUT2D eigenvalue weighted by Crippen LogP contribution is -2.25. The van der Waals surface area contributed by atoms with Crippen molar-refractivity contribution in [3.8, 4) is 0 Å². The molecule has 1 fully saturated rings. The molecule has 3 aromatic carbocycles. The minimum absolute atomic E-state index is 0.00531. The second-order valence-corrected chi connectivity index (χ2v) is 11.0. The van der Waals surface area contributed by atoms with Gasteiger partial charge in [0.05, 0.1) is 17.9 Å². The second-order valence-electron chi connectivity index (χ2n) is 10.2. The molecule has 4 aromatic rings. The van der Waals surface area contributed by atoms with Crippen molar-refractivity contribution in [3.63, 3.8) is 0 Å². The molecule has 34 heavy (non-hydrogen) atoms. The van der Waals surface area contributed by atoms with Gasteiger partial charge in [-0.2, -0.15) is 0 Å². The fourth-order valence-corrected chi connectivity index (χ4v) is 5.10. The van der Waals surface area contributed by atoms with Gasteiger partial charge in [-0.3, -0.25) is 4.79 Å². The molecule has 0 radical (unpaired) electrons. The van der Waals surface area contributed by atoms with Gasteiger partial charge in [-0.05, 0) is 47.9 Å². The maximum atomic E-state index is 12.5. The van der Waals surface area contributed by atoms with Gasteiger partial charge in [0.2, 0.25) is 0 Å². The van der Waals surface area contributed by atoms with Crippen LogP contribution < -0.4 is 10.2 Å². The highest BCUT2D eigenvalue weighted by Gasteiger charge is 2.23. The summed E-state index contributed by atoms with van der Waals surface area (Å²) in [6, 6.07) is 22.9. The van der Waals surface area contributed by atoms with Crippen molar-refractivity contribution < 1.29 is 4.79 Å². The summed E-state index contributed by atoms with van der Waals surface area (Å²) in [4.78, 5) is 19.8. The quantitative estimate of drug-likeness (QED) is 0.315. The van der Waals surface area contributed by atoms with E-state index in [0.717, 1.165) is 28.6 Å². The van der Waals surface area contributed by atoms with Crippen molar-refractivity contribution in [2.24, 2.45) is 5.92 Å². The number of nitrogens with one attached hydrogen (secondary N) is 1. The maximum Gasteiger partial charge on any atom is 0.251 e. The normalized spacial score (nSPS) is 13.7. The summed E-state index contributed by atoms with van der Waals surface area (Å²) in [5, 5.41) is 8.61. The Hall–Kier alpha value is -3.18. The predicted octanol–water partition coefficient (Wildman–Crippen LogP) is 7.07. The first kappa shape index (κ1) is 22.6. The summed E-state index contributed by atoms with van der Waals surface area (Å²) in [6.07, 6.45) is 2.47. The molecule has 1 aliphatic carbocycles. The van der Waals surface area contributed by atoms with E-state index in [-0.39, 0.29) is 11.3 Å². The Morgan fingerprint density at radius 2 is 1.76 bits per heavy atom. The zero-order chi connectivity index (χ0) is 23.7. The van der Waals surface area contributed by atoms with E-state index in [1.54, 1.807) is 11.3 Å². The van der Waals surface area contributed by atoms with Gasteiger partial charge in [0.1, 0.15) is 0 Å². The molecular weight excluding hydrogens is 438 g/mol. The average Bonchev–Trinajstić information content (AvgIpc) is 3.53. The number of thiazole rings is 1. The van der Waals surface area contributed by atoms with E-state index in [2.05, 4.69) is 91.0 Å². The van der Waals surface area contributed by atoms with Crippen LogP contribution in [0.4, 0.5) is 10.8 Å². The van der Waals surface area contributed by atoms with E-state index in [4.69, 9.17) is 4.98 Å². The van der Waals surface area contributed by atoms with Crippen molar-refractivity contribution in [2.75, 3.05) is 11.4 Å². The Morgan fingerprint density at radius 1 is 1.03 bits per heavy atom. The first-order valence-electron chi connectivity index (χ1n) is 12.0. The molecule has 1 heterocycles. The zero-order valence-corrected chi connectivity index (χ0v) is 20.9. The van der Waals surface area contributed by atoms with Crippen molar-refractivity contribution in [3.05, 3.63) is 88.9 Å². The van der Waals surface area contributed by atoms with Gasteiger partial charge in [-0.15, -0.1) is 11.3 Å². The average molecular weight is 470 g/mol. The lowest BCUT2D eigenvalue weighted by molar-refractivity contribution is 0.0952. The first-order chi connectivity index (χ1) is 16.4. The fraction of sp³-hybridized carbons (Fsp3) is 0.310. The molecule has 0 saturated heterocycles. The number of hydrogen-bond donors (Lipinski definition) is 1. The summed E-state index contributed by atoms with van der Waals surface area (Å²) in [7, 11) is 0. The standard InChI is InChI=1S/C29H31N3OS/c1-29(2,3)26-19-34-28(31-26)32(25-10-6-8-22-7-4-5-9-24(22)25)18-21-13-15-23(16-14-21)27(33)30-17-20-11-12-20/h4-10,13-16,19-20H,11-12,17-18H2,1-3H3,(H,30,33). The highest BCUT2D eigenvalue weighted by molar-refractivity contribution is 7.13. The molecule has 5 heteroatoms. The van der Waals surface area contributed by atoms with Crippen LogP contribution in [0.5, 0.6) is 0 Å². The van der Waals surface area contributed by atoms with Gasteiger partial charge in [-0.25, -0.2) is 4.98 Å². The van der Waals surface area contributed by atoms with Crippen LogP contribution in [0.15, 0.2) is 72.1 Å². The van der Waals surface area contributed by atoms with Gasteiger partial charge in [0, 0.05) is 28.3 Å². The van der Waals surface area contributed by atoms with Gasteiger partial charge in [0.15, 0.2) is 5.13 Å². The van der Waals surface area contributed by atoms with Gasteiger partial charge < -0.3 is 10.2 Å². The third-order valence-corrected chi connectivity index (χ3v) is 7.22. The Bertz CT molecular complexity index is 1290. The van der Waals surface area contributed by atoms with Gasteiger partial charge in [0.25, 0.3) is 5.91 Å². The molecule has 1 saturated carbocycles. The number of carbonyl (C=O) groups is 1. The number of amides is 1. The summed E-state index contributed by atoms with van der Waals surface area (Å²) in [5.41, 5.74) is 4.08. The lowest BCUT2D eigenvalue weighted by atomic mass is 9.93. The number of rotatable bonds is 7. The first-order valence-corrected chi connectivity index (χ1v) is 12.8. The second kappa shape index (κ2) is 9.22. The summed E-state index contributed by atoms with van der Waals surface area (Å²) in [5.74, 6) is 0.688. The largest absolute Gasteiger partial charge is 0.352 e. The van der Waals surface area contributed by atoms with Crippen LogP contribution in [-0.2, 0) is 12.0 Å². The van der Waals surface area contributed by atoms with Gasteiger partial charge in [-0.1, -0.05) is 69.3 Å². The third kappa shape index (κ3) is 5.00. The molecule has 1 aliphatic rings. The number of anilines is 2. The van der Waals surface area contributed by atoms with Crippen LogP contribution in [0.2, 0.25) is 0 Å². The summed E-state index contributed by atoms with van der Waals surface area (Å²) in [6.45, 7) is 8.05. The number of benzene rings is 3. The topological polar surface area (TPSA) is 45.2 Å². The third-order valence-electron chi connectivity index (χ3n) is 6.35. The molecular formula is C29H31N3OS. The van der Waals surface area contributed by atoms with Crippen molar-refractivity contribution in [1.29, 1.82) is 0 Å². The van der Waals surface area contributed by atoms with E-state index in [1.807, 2.05) is 12.1 Å². The molecule has 1 N–H and O–H groups in total. The van der Waals surface area contributed by atoms with Crippen LogP contribution in [0.3, 0.4) is 0 Å². The Kier molecular flexibility index (Phi) is 6.13. The highest BCUT2D eigenvalue weighted by Crippen LogP contribution is 2.37. The minimum Gasteiger partial charge on any atom is -0.352 e. The van der Waals surface area contributed by atoms with Crippen molar-refractivity contribution >= 4 is 38.8 Å². The Balaban J connectivity index is 1.46. The Morgan fingerprint density at radius 3 is 2.47 bits per heavy atom. The van der Waals surface area contributed by atoms with Crippen molar-refractivity contribution in [2.45, 2.75) is 45.6 Å². The molecule has 0 atom stereocenters. The van der Waals surface area contributed by atoms with E-state index in [0.29, 0.717) is 18.0 Å². The van der Waals surface area contributed by atoms with E-state index in [9.17, 15) is 4.79 Å². The lowest BCUT2D eigenvalue weighted by Gasteiger charge is -2.24. The van der Waals surface area contributed by atoms with E-state index >= 15 is 0 Å². The molecule has 0 aliphatic heterocycles. The monoisotopic (exact) mass is 469 g/mol. The number of nitrogens with zero attached hydrogens (tertiary/aromatic N) is 2. The van der Waals surface area contributed by atoms with Crippen LogP contribution in [0.1, 0.15) is 55.2 Å². The number of aromatic nitrogens is 1. The Labute approximate surface area is 205 Å². The van der Waals surface area contributed by atoms with Crippen molar-refractivity contribution in [1.82, 2.24) is 10.3 Å². The van der Waals surface area contributed by atoms with Crippen LogP contribution in [-0.4, -0.2) is 17.4 Å². The molecule has 174 valence electrons. The van der Waals surface area contributed by atoms with Crippen LogP contribution in [0.25, 0.3) is 10.8 Å². The fourth-order valence-electron chi connectivity index (χ4n) is 4.04. The van der Waals surface area contributed by atoms with Gasteiger partial charge >= 0.3 is 0 Å². The number of hydrogen-bond acceptors (Lipinski definition) is 4. The van der Waals surface area contributed by atoms with E-state index < -0.39 is 0 Å². The molecule has 1 aromatic heterocycles. The SMILES string of the molecule is CC(C)(C)c1csc(N(Cc2ccc(C(=O)NCC3CC3)cc2)c2cccc3ccccc23)n1. The van der Waals surface area contributed by atoms with Crippen LogP contribution in [0, 0.1) is 5.92 Å². The summed E-state index contributed by atoms with van der Waals surface area (Å²) >= 11 is 1.68.